The normalized spacial score (nSPS) is 16.2. The van der Waals surface area contributed by atoms with Crippen LogP contribution < -0.4 is 5.32 Å². The predicted molar refractivity (Wildman–Crippen MR) is 57.6 cm³/mol. The van der Waals surface area contributed by atoms with Gasteiger partial charge in [-0.25, -0.2) is 0 Å². The standard InChI is InChI=1S/C12H13N2O.Ir/c15-7-13-12-8-3-1-5-10(8)14-11-6-2-4-9(11)12;/h1-6H2,(H,13,14,15);/q-1;. The molecule has 0 atom stereocenters. The van der Waals surface area contributed by atoms with Gasteiger partial charge in [0.1, 0.15) is 0 Å². The molecule has 0 aliphatic heterocycles. The monoisotopic (exact) mass is 394 g/mol. The van der Waals surface area contributed by atoms with Crippen molar-refractivity contribution >= 4 is 12.1 Å². The first kappa shape index (κ1) is 11.7. The van der Waals surface area contributed by atoms with E-state index in [9.17, 15) is 4.79 Å². The molecule has 1 amide bonds. The Hall–Kier alpha value is -0.731. The Balaban J connectivity index is 0.000000963. The Kier molecular flexibility index (Phi) is 3.41. The number of hydrogen-bond acceptors (Lipinski definition) is 2. The van der Waals surface area contributed by atoms with Crippen molar-refractivity contribution < 1.29 is 24.9 Å². The summed E-state index contributed by atoms with van der Waals surface area (Å²) in [5.41, 5.74) is 5.96. The number of pyridine rings is 1. The van der Waals surface area contributed by atoms with E-state index in [1.165, 1.54) is 35.4 Å². The van der Waals surface area contributed by atoms with Gasteiger partial charge in [0.25, 0.3) is 0 Å². The molecule has 0 unspecified atom stereocenters. The van der Waals surface area contributed by atoms with E-state index in [0.29, 0.717) is 0 Å². The third-order valence-corrected chi connectivity index (χ3v) is 3.43. The van der Waals surface area contributed by atoms with Crippen LogP contribution in [0.4, 0.5) is 5.69 Å². The molecule has 0 fully saturated rings. The average molecular weight is 393 g/mol. The number of rotatable bonds is 2. The van der Waals surface area contributed by atoms with E-state index in [2.05, 4.69) is 5.32 Å². The van der Waals surface area contributed by atoms with Gasteiger partial charge >= 0.3 is 0 Å². The second kappa shape index (κ2) is 4.64. The van der Waals surface area contributed by atoms with Crippen LogP contribution in [0.5, 0.6) is 0 Å². The molecule has 1 aromatic rings. The fourth-order valence-corrected chi connectivity index (χ4v) is 2.79. The summed E-state index contributed by atoms with van der Waals surface area (Å²) >= 11 is 0. The molecule has 3 nitrogen and oxygen atoms in total. The Morgan fingerprint density at radius 3 is 2.06 bits per heavy atom. The van der Waals surface area contributed by atoms with Crippen LogP contribution in [0.15, 0.2) is 0 Å². The molecule has 3 rings (SSSR count). The fraction of sp³-hybridized carbons (Fsp3) is 0.500. The van der Waals surface area contributed by atoms with Gasteiger partial charge in [-0.2, -0.15) is 0 Å². The topological polar surface area (TPSA) is 42.0 Å². The van der Waals surface area contributed by atoms with Crippen molar-refractivity contribution in [2.45, 2.75) is 38.5 Å². The second-order valence-corrected chi connectivity index (χ2v) is 4.27. The number of aromatic nitrogens is 1. The van der Waals surface area contributed by atoms with Gasteiger partial charge in [-0.1, -0.05) is 16.8 Å². The summed E-state index contributed by atoms with van der Waals surface area (Å²) in [7, 11) is 0. The molecular formula is C12H13IrN2O-. The first-order chi connectivity index (χ1) is 7.40. The van der Waals surface area contributed by atoms with E-state index in [1.54, 1.807) is 0 Å². The minimum atomic E-state index is 0. The number of aryl methyl sites for hydroxylation is 2. The summed E-state index contributed by atoms with van der Waals surface area (Å²) in [5.74, 6) is 0. The molecule has 0 spiro atoms. The van der Waals surface area contributed by atoms with Crippen LogP contribution >= 0.6 is 0 Å². The molecule has 0 saturated heterocycles. The summed E-state index contributed by atoms with van der Waals surface area (Å²) in [4.78, 5) is 15.2. The van der Waals surface area contributed by atoms with Crippen LogP contribution in [0.1, 0.15) is 35.4 Å². The maximum absolute atomic E-state index is 10.5. The summed E-state index contributed by atoms with van der Waals surface area (Å²) < 4.78 is 0. The fourth-order valence-electron chi connectivity index (χ4n) is 2.79. The third-order valence-electron chi connectivity index (χ3n) is 3.43. The predicted octanol–water partition coefficient (Wildman–Crippen LogP) is 1.54. The molecule has 1 heterocycles. The van der Waals surface area contributed by atoms with E-state index >= 15 is 0 Å². The number of fused-ring (bicyclic) bond motifs is 2. The average Bonchev–Trinajstić information content (AvgIpc) is 2.84. The van der Waals surface area contributed by atoms with Crippen LogP contribution in [-0.4, -0.2) is 11.4 Å². The molecule has 87 valence electrons. The first-order valence-electron chi connectivity index (χ1n) is 5.57. The van der Waals surface area contributed by atoms with E-state index in [1.807, 2.05) is 6.41 Å². The van der Waals surface area contributed by atoms with Crippen molar-refractivity contribution in [1.29, 1.82) is 0 Å². The van der Waals surface area contributed by atoms with Crippen molar-refractivity contribution in [2.24, 2.45) is 0 Å². The van der Waals surface area contributed by atoms with Crippen molar-refractivity contribution in [3.63, 3.8) is 0 Å². The third kappa shape index (κ3) is 1.70. The van der Waals surface area contributed by atoms with Crippen molar-refractivity contribution in [3.05, 3.63) is 22.5 Å². The molecule has 1 aromatic heterocycles. The van der Waals surface area contributed by atoms with Crippen molar-refractivity contribution in [2.75, 3.05) is 5.32 Å². The first-order valence-corrected chi connectivity index (χ1v) is 5.57. The van der Waals surface area contributed by atoms with E-state index in [0.717, 1.165) is 31.4 Å². The smallest absolute Gasteiger partial charge is 0.0692 e. The molecule has 2 aliphatic carbocycles. The molecular weight excluding hydrogens is 380 g/mol. The molecule has 16 heavy (non-hydrogen) atoms. The number of carbonyl (C=O) groups excluding carboxylic acids is 1. The minimum Gasteiger partial charge on any atom is -0.490 e. The Labute approximate surface area is 108 Å². The van der Waals surface area contributed by atoms with Crippen LogP contribution in [0.25, 0.3) is 0 Å². The Bertz CT molecular complexity index is 399. The quantitative estimate of drug-likeness (QED) is 0.612. The summed E-state index contributed by atoms with van der Waals surface area (Å²) in [5, 5.41) is 2.76. The number of anilines is 1. The molecule has 1 N–H and O–H groups in total. The molecule has 4 heteroatoms. The van der Waals surface area contributed by atoms with Gasteiger partial charge in [-0.15, -0.1) is 0 Å². The number of nitrogens with zero attached hydrogens (tertiary/aromatic N) is 1. The zero-order valence-corrected chi connectivity index (χ0v) is 11.3. The van der Waals surface area contributed by atoms with Gasteiger partial charge in [0.05, 0.1) is 6.41 Å². The second-order valence-electron chi connectivity index (χ2n) is 4.27. The molecule has 0 saturated carbocycles. The van der Waals surface area contributed by atoms with Gasteiger partial charge < -0.3 is 10.1 Å². The van der Waals surface area contributed by atoms with Crippen LogP contribution in [0.3, 0.4) is 0 Å². The molecule has 0 bridgehead atoms. The largest absolute Gasteiger partial charge is 0.490 e. The number of hydrogen-bond donors (Lipinski definition) is 1. The summed E-state index contributed by atoms with van der Waals surface area (Å²) in [6.45, 7) is 0. The van der Waals surface area contributed by atoms with E-state index in [-0.39, 0.29) is 20.1 Å². The van der Waals surface area contributed by atoms with Crippen molar-refractivity contribution in [1.82, 2.24) is 4.98 Å². The maximum atomic E-state index is 10.5. The van der Waals surface area contributed by atoms with Crippen LogP contribution in [0.2, 0.25) is 0 Å². The Morgan fingerprint density at radius 1 is 1.00 bits per heavy atom. The molecule has 1 radical (unpaired) electrons. The zero-order valence-electron chi connectivity index (χ0n) is 8.93. The van der Waals surface area contributed by atoms with Gasteiger partial charge in [0.15, 0.2) is 0 Å². The van der Waals surface area contributed by atoms with Gasteiger partial charge in [0, 0.05) is 31.5 Å². The van der Waals surface area contributed by atoms with E-state index < -0.39 is 0 Å². The Morgan fingerprint density at radius 2 is 1.56 bits per heavy atom. The van der Waals surface area contributed by atoms with Crippen LogP contribution in [0, 0.1) is 0 Å². The molecule has 2 aliphatic rings. The maximum Gasteiger partial charge on any atom is 0.0692 e. The summed E-state index contributed by atoms with van der Waals surface area (Å²) in [6.07, 6.45) is 8.39. The minimum absolute atomic E-state index is 0. The van der Waals surface area contributed by atoms with Gasteiger partial charge in [-0.3, -0.25) is 4.98 Å². The van der Waals surface area contributed by atoms with Crippen LogP contribution in [-0.2, 0) is 50.6 Å². The zero-order chi connectivity index (χ0) is 10.3. The van der Waals surface area contributed by atoms with Gasteiger partial charge in [0.2, 0.25) is 0 Å². The van der Waals surface area contributed by atoms with Crippen molar-refractivity contribution in [3.8, 4) is 0 Å². The SMILES string of the molecule is O=[C-]Nc1c2c(nc3c1CCC3)CCC2.[Ir]. The van der Waals surface area contributed by atoms with Gasteiger partial charge in [-0.05, 0) is 38.5 Å². The number of nitrogens with one attached hydrogen (secondary N) is 1. The van der Waals surface area contributed by atoms with E-state index in [4.69, 9.17) is 4.98 Å². The molecule has 0 aromatic carbocycles. The number of amides is 1. The summed E-state index contributed by atoms with van der Waals surface area (Å²) in [6, 6.07) is 0.